The Morgan fingerprint density at radius 1 is 0.828 bits per heavy atom. The molecule has 2 amide bonds. The number of anilines is 2. The van der Waals surface area contributed by atoms with Gasteiger partial charge in [0.25, 0.3) is 15.9 Å². The Hall–Kier alpha value is -3.72. The lowest BCUT2D eigenvalue weighted by Crippen LogP contribution is -2.16. The summed E-state index contributed by atoms with van der Waals surface area (Å²) in [5, 5.41) is 2.61. The van der Waals surface area contributed by atoms with Crippen LogP contribution in [0.3, 0.4) is 0 Å². The summed E-state index contributed by atoms with van der Waals surface area (Å²) in [6, 6.07) is 16.2. The normalized spacial score (nSPS) is 10.9. The lowest BCUT2D eigenvalue weighted by molar-refractivity contribution is 0.0998. The standard InChI is InChI=1S/C20H16FN3O4S/c21-15-6-10-17(11-7-15)24-29(27,28)18-3-1-2-14(12-18)20(26)23-16-8-4-13(5-9-16)19(22)25/h1-12,24H,(H2,22,25)(H,23,26). The van der Waals surface area contributed by atoms with Gasteiger partial charge in [-0.25, -0.2) is 12.8 Å². The van der Waals surface area contributed by atoms with E-state index in [0.717, 1.165) is 12.1 Å². The molecule has 3 aromatic rings. The number of primary amides is 1. The number of nitrogens with one attached hydrogen (secondary N) is 2. The molecule has 0 radical (unpaired) electrons. The van der Waals surface area contributed by atoms with Gasteiger partial charge in [-0.1, -0.05) is 6.07 Å². The first-order chi connectivity index (χ1) is 13.7. The number of nitrogens with two attached hydrogens (primary N) is 1. The van der Waals surface area contributed by atoms with Crippen molar-refractivity contribution in [2.24, 2.45) is 5.73 Å². The van der Waals surface area contributed by atoms with Gasteiger partial charge in [0.15, 0.2) is 0 Å². The fourth-order valence-electron chi connectivity index (χ4n) is 2.46. The van der Waals surface area contributed by atoms with Crippen molar-refractivity contribution in [3.8, 4) is 0 Å². The minimum atomic E-state index is -3.97. The van der Waals surface area contributed by atoms with E-state index in [0.29, 0.717) is 11.3 Å². The first-order valence-electron chi connectivity index (χ1n) is 8.34. The number of carbonyl (C=O) groups excluding carboxylic acids is 2. The Kier molecular flexibility index (Phi) is 5.60. The lowest BCUT2D eigenvalue weighted by atomic mass is 10.2. The van der Waals surface area contributed by atoms with E-state index in [2.05, 4.69) is 10.0 Å². The third-order valence-electron chi connectivity index (χ3n) is 3.93. The number of rotatable bonds is 6. The van der Waals surface area contributed by atoms with E-state index in [4.69, 9.17) is 5.73 Å². The summed E-state index contributed by atoms with van der Waals surface area (Å²) >= 11 is 0. The molecule has 0 aliphatic carbocycles. The topological polar surface area (TPSA) is 118 Å². The number of carbonyl (C=O) groups is 2. The van der Waals surface area contributed by atoms with E-state index in [-0.39, 0.29) is 16.1 Å². The van der Waals surface area contributed by atoms with Crippen molar-refractivity contribution in [2.75, 3.05) is 10.0 Å². The molecule has 4 N–H and O–H groups in total. The molecular weight excluding hydrogens is 397 g/mol. The summed E-state index contributed by atoms with van der Waals surface area (Å²) in [5.41, 5.74) is 6.18. The summed E-state index contributed by atoms with van der Waals surface area (Å²) in [7, 11) is -3.97. The molecule has 0 unspecified atom stereocenters. The zero-order chi connectivity index (χ0) is 21.0. The zero-order valence-electron chi connectivity index (χ0n) is 14.9. The van der Waals surface area contributed by atoms with Gasteiger partial charge in [-0.2, -0.15) is 0 Å². The average molecular weight is 413 g/mol. The van der Waals surface area contributed by atoms with Crippen LogP contribution in [0.1, 0.15) is 20.7 Å². The van der Waals surface area contributed by atoms with Crippen LogP contribution < -0.4 is 15.8 Å². The molecule has 9 heteroatoms. The zero-order valence-corrected chi connectivity index (χ0v) is 15.7. The smallest absolute Gasteiger partial charge is 0.261 e. The summed E-state index contributed by atoms with van der Waals surface area (Å²) in [6.07, 6.45) is 0. The molecule has 0 spiro atoms. The van der Waals surface area contributed by atoms with Crippen molar-refractivity contribution in [3.63, 3.8) is 0 Å². The Morgan fingerprint density at radius 3 is 2.07 bits per heavy atom. The quantitative estimate of drug-likeness (QED) is 0.576. The van der Waals surface area contributed by atoms with Gasteiger partial charge < -0.3 is 11.1 Å². The Bertz CT molecular complexity index is 1160. The average Bonchev–Trinajstić information content (AvgIpc) is 2.70. The number of hydrogen-bond acceptors (Lipinski definition) is 4. The van der Waals surface area contributed by atoms with Crippen LogP contribution in [0.5, 0.6) is 0 Å². The Morgan fingerprint density at radius 2 is 1.45 bits per heavy atom. The van der Waals surface area contributed by atoms with Gasteiger partial charge in [0.2, 0.25) is 5.91 Å². The van der Waals surface area contributed by atoms with Gasteiger partial charge >= 0.3 is 0 Å². The number of benzene rings is 3. The molecule has 29 heavy (non-hydrogen) atoms. The highest BCUT2D eigenvalue weighted by atomic mass is 32.2. The Balaban J connectivity index is 1.78. The molecule has 0 fully saturated rings. The van der Waals surface area contributed by atoms with E-state index in [1.54, 1.807) is 0 Å². The van der Waals surface area contributed by atoms with Gasteiger partial charge in [0.05, 0.1) is 4.90 Å². The van der Waals surface area contributed by atoms with Crippen LogP contribution in [0, 0.1) is 5.82 Å². The molecule has 0 atom stereocenters. The number of sulfonamides is 1. The summed E-state index contributed by atoms with van der Waals surface area (Å²) in [6.45, 7) is 0. The SMILES string of the molecule is NC(=O)c1ccc(NC(=O)c2cccc(S(=O)(=O)Nc3ccc(F)cc3)c2)cc1. The van der Waals surface area contributed by atoms with Crippen molar-refractivity contribution >= 4 is 33.2 Å². The fourth-order valence-corrected chi connectivity index (χ4v) is 3.56. The van der Waals surface area contributed by atoms with Gasteiger partial charge in [0, 0.05) is 22.5 Å². The van der Waals surface area contributed by atoms with Gasteiger partial charge in [-0.05, 0) is 66.7 Å². The van der Waals surface area contributed by atoms with E-state index >= 15 is 0 Å². The molecule has 0 aliphatic rings. The molecule has 0 saturated heterocycles. The van der Waals surface area contributed by atoms with Crippen molar-refractivity contribution in [3.05, 3.63) is 89.7 Å². The van der Waals surface area contributed by atoms with Gasteiger partial charge in [0.1, 0.15) is 5.82 Å². The molecule has 0 heterocycles. The first kappa shape index (κ1) is 20.0. The number of hydrogen-bond donors (Lipinski definition) is 3. The van der Waals surface area contributed by atoms with Crippen LogP contribution in [0.25, 0.3) is 0 Å². The molecule has 0 saturated carbocycles. The molecule has 3 rings (SSSR count). The second kappa shape index (κ2) is 8.11. The number of halogens is 1. The van der Waals surface area contributed by atoms with Crippen LogP contribution in [0.2, 0.25) is 0 Å². The van der Waals surface area contributed by atoms with Gasteiger partial charge in [-0.15, -0.1) is 0 Å². The van der Waals surface area contributed by atoms with E-state index in [1.165, 1.54) is 60.7 Å². The molecule has 148 valence electrons. The highest BCUT2D eigenvalue weighted by Gasteiger charge is 2.17. The maximum absolute atomic E-state index is 13.0. The minimum absolute atomic E-state index is 0.117. The molecule has 7 nitrogen and oxygen atoms in total. The first-order valence-corrected chi connectivity index (χ1v) is 9.82. The molecule has 0 bridgehead atoms. The second-order valence-electron chi connectivity index (χ2n) is 6.04. The Labute approximate surface area is 166 Å². The lowest BCUT2D eigenvalue weighted by Gasteiger charge is -2.10. The summed E-state index contributed by atoms with van der Waals surface area (Å²) < 4.78 is 40.4. The van der Waals surface area contributed by atoms with Crippen molar-refractivity contribution in [1.82, 2.24) is 0 Å². The molecule has 3 aromatic carbocycles. The maximum atomic E-state index is 13.0. The highest BCUT2D eigenvalue weighted by Crippen LogP contribution is 2.18. The predicted octanol–water partition coefficient (Wildman–Crippen LogP) is 2.98. The van der Waals surface area contributed by atoms with Crippen LogP contribution in [0.4, 0.5) is 15.8 Å². The number of amides is 2. The highest BCUT2D eigenvalue weighted by molar-refractivity contribution is 7.92. The van der Waals surface area contributed by atoms with Crippen LogP contribution in [-0.4, -0.2) is 20.2 Å². The summed E-state index contributed by atoms with van der Waals surface area (Å²) in [5.74, 6) is -1.61. The molecule has 0 aromatic heterocycles. The van der Waals surface area contributed by atoms with Crippen molar-refractivity contribution < 1.29 is 22.4 Å². The van der Waals surface area contributed by atoms with Crippen molar-refractivity contribution in [2.45, 2.75) is 4.90 Å². The summed E-state index contributed by atoms with van der Waals surface area (Å²) in [4.78, 5) is 23.4. The van der Waals surface area contributed by atoms with Crippen LogP contribution >= 0.6 is 0 Å². The van der Waals surface area contributed by atoms with Crippen molar-refractivity contribution in [1.29, 1.82) is 0 Å². The van der Waals surface area contributed by atoms with Gasteiger partial charge in [-0.3, -0.25) is 14.3 Å². The van der Waals surface area contributed by atoms with E-state index in [1.807, 2.05) is 0 Å². The van der Waals surface area contributed by atoms with Crippen LogP contribution in [0.15, 0.2) is 77.7 Å². The predicted molar refractivity (Wildman–Crippen MR) is 107 cm³/mol. The molecule has 0 aliphatic heterocycles. The van der Waals surface area contributed by atoms with E-state index < -0.39 is 27.7 Å². The van der Waals surface area contributed by atoms with Crippen LogP contribution in [-0.2, 0) is 10.0 Å². The minimum Gasteiger partial charge on any atom is -0.366 e. The van der Waals surface area contributed by atoms with E-state index in [9.17, 15) is 22.4 Å². The maximum Gasteiger partial charge on any atom is 0.261 e. The largest absolute Gasteiger partial charge is 0.366 e. The fraction of sp³-hybridized carbons (Fsp3) is 0. The third kappa shape index (κ3) is 4.96. The third-order valence-corrected chi connectivity index (χ3v) is 5.31. The second-order valence-corrected chi connectivity index (χ2v) is 7.72. The monoisotopic (exact) mass is 413 g/mol. The molecular formula is C20H16FN3O4S.